The first-order chi connectivity index (χ1) is 12.7. The fourth-order valence-electron chi connectivity index (χ4n) is 2.83. The Morgan fingerprint density at radius 1 is 1.08 bits per heavy atom. The third-order valence-electron chi connectivity index (χ3n) is 4.10. The summed E-state index contributed by atoms with van der Waals surface area (Å²) in [6.45, 7) is 0. The van der Waals surface area contributed by atoms with Crippen molar-refractivity contribution >= 4 is 45.4 Å². The Morgan fingerprint density at radius 3 is 2.69 bits per heavy atom. The van der Waals surface area contributed by atoms with Gasteiger partial charge in [-0.15, -0.1) is 10.2 Å². The summed E-state index contributed by atoms with van der Waals surface area (Å²) in [6.07, 6.45) is 0.385. The van der Waals surface area contributed by atoms with Gasteiger partial charge in [-0.2, -0.15) is 0 Å². The number of thioether (sulfide) groups is 1. The molecule has 6 nitrogen and oxygen atoms in total. The van der Waals surface area contributed by atoms with Crippen LogP contribution in [0.3, 0.4) is 0 Å². The zero-order chi connectivity index (χ0) is 17.9. The van der Waals surface area contributed by atoms with Gasteiger partial charge in [-0.1, -0.05) is 48.2 Å². The highest BCUT2D eigenvalue weighted by atomic mass is 32.2. The summed E-state index contributed by atoms with van der Waals surface area (Å²) in [5.41, 5.74) is 3.48. The van der Waals surface area contributed by atoms with Gasteiger partial charge in [0.2, 0.25) is 11.1 Å². The van der Waals surface area contributed by atoms with E-state index in [4.69, 9.17) is 0 Å². The smallest absolute Gasteiger partial charge is 0.225 e. The molecule has 0 aliphatic carbocycles. The third kappa shape index (κ3) is 3.25. The second-order valence-corrected chi connectivity index (χ2v) is 6.92. The number of aromatic nitrogens is 4. The van der Waals surface area contributed by atoms with Crippen molar-refractivity contribution in [2.24, 2.45) is 7.05 Å². The number of aryl methyl sites for hydroxylation is 1. The molecule has 0 bridgehead atoms. The number of nitrogens with zero attached hydrogens (tertiary/aromatic N) is 4. The second-order valence-electron chi connectivity index (χ2n) is 5.86. The molecule has 0 unspecified atom stereocenters. The number of anilines is 1. The number of fused-ring (bicyclic) bond motifs is 3. The molecule has 2 heterocycles. The summed E-state index contributed by atoms with van der Waals surface area (Å²) in [7, 11) is 1.97. The molecule has 2 aromatic carbocycles. The molecule has 1 N–H and O–H groups in total. The predicted molar refractivity (Wildman–Crippen MR) is 104 cm³/mol. The molecule has 4 rings (SSSR count). The maximum Gasteiger partial charge on any atom is 0.225 e. The van der Waals surface area contributed by atoms with Gasteiger partial charge in [0, 0.05) is 30.3 Å². The lowest BCUT2D eigenvalue weighted by molar-refractivity contribution is -0.115. The van der Waals surface area contributed by atoms with E-state index in [0.29, 0.717) is 17.3 Å². The van der Waals surface area contributed by atoms with E-state index in [-0.39, 0.29) is 5.91 Å². The summed E-state index contributed by atoms with van der Waals surface area (Å²) in [5, 5.41) is 13.0. The number of benzene rings is 2. The van der Waals surface area contributed by atoms with E-state index in [0.717, 1.165) is 27.8 Å². The van der Waals surface area contributed by atoms with Gasteiger partial charge in [0.1, 0.15) is 5.52 Å². The summed E-state index contributed by atoms with van der Waals surface area (Å²) < 4.78 is 2.02. The SMILES string of the molecule is Cn1c2ccccc2c2nnc(SCCC(=O)Nc3ccccc3)nc21. The van der Waals surface area contributed by atoms with Crippen LogP contribution in [0.25, 0.3) is 22.1 Å². The normalized spacial score (nSPS) is 11.1. The highest BCUT2D eigenvalue weighted by molar-refractivity contribution is 7.99. The van der Waals surface area contributed by atoms with Gasteiger partial charge in [-0.05, 0) is 18.2 Å². The monoisotopic (exact) mass is 363 g/mol. The third-order valence-corrected chi connectivity index (χ3v) is 4.94. The molecule has 0 spiro atoms. The number of rotatable bonds is 5. The van der Waals surface area contributed by atoms with E-state index in [1.165, 1.54) is 11.8 Å². The molecule has 4 aromatic rings. The van der Waals surface area contributed by atoms with E-state index < -0.39 is 0 Å². The Morgan fingerprint density at radius 2 is 1.85 bits per heavy atom. The van der Waals surface area contributed by atoms with Crippen LogP contribution in [-0.4, -0.2) is 31.4 Å². The molecule has 0 fully saturated rings. The molecule has 0 saturated carbocycles. The average molecular weight is 363 g/mol. The molecule has 0 aliphatic rings. The van der Waals surface area contributed by atoms with Gasteiger partial charge >= 0.3 is 0 Å². The summed E-state index contributed by atoms with van der Waals surface area (Å²) in [6, 6.07) is 17.5. The molecule has 0 atom stereocenters. The number of carbonyl (C=O) groups excluding carboxylic acids is 1. The largest absolute Gasteiger partial charge is 0.327 e. The van der Waals surface area contributed by atoms with Crippen LogP contribution in [0.15, 0.2) is 59.8 Å². The van der Waals surface area contributed by atoms with Crippen molar-refractivity contribution in [1.82, 2.24) is 19.7 Å². The van der Waals surface area contributed by atoms with Gasteiger partial charge in [0.25, 0.3) is 0 Å². The minimum atomic E-state index is -0.0256. The Hall–Kier alpha value is -2.93. The second kappa shape index (κ2) is 7.13. The van der Waals surface area contributed by atoms with E-state index >= 15 is 0 Å². The van der Waals surface area contributed by atoms with Crippen LogP contribution >= 0.6 is 11.8 Å². The highest BCUT2D eigenvalue weighted by Gasteiger charge is 2.12. The fourth-order valence-corrected chi connectivity index (χ4v) is 3.55. The number of para-hydroxylation sites is 2. The Balaban J connectivity index is 1.44. The first-order valence-corrected chi connectivity index (χ1v) is 9.26. The molecule has 7 heteroatoms. The van der Waals surface area contributed by atoms with Crippen LogP contribution < -0.4 is 5.32 Å². The number of carbonyl (C=O) groups is 1. The van der Waals surface area contributed by atoms with Crippen molar-refractivity contribution in [3.63, 3.8) is 0 Å². The molecule has 26 heavy (non-hydrogen) atoms. The Bertz CT molecular complexity index is 1080. The molecule has 130 valence electrons. The number of hydrogen-bond acceptors (Lipinski definition) is 5. The zero-order valence-electron chi connectivity index (χ0n) is 14.2. The van der Waals surface area contributed by atoms with Gasteiger partial charge in [-0.25, -0.2) is 4.98 Å². The van der Waals surface area contributed by atoms with Crippen LogP contribution in [0.4, 0.5) is 5.69 Å². The van der Waals surface area contributed by atoms with Crippen LogP contribution in [0.5, 0.6) is 0 Å². The molecule has 0 aliphatic heterocycles. The summed E-state index contributed by atoms with van der Waals surface area (Å²) in [5.74, 6) is 0.567. The topological polar surface area (TPSA) is 72.7 Å². The Labute approximate surface area is 154 Å². The van der Waals surface area contributed by atoms with E-state index in [2.05, 4.69) is 20.5 Å². The van der Waals surface area contributed by atoms with Crippen LogP contribution in [0, 0.1) is 0 Å². The van der Waals surface area contributed by atoms with Crippen molar-refractivity contribution in [1.29, 1.82) is 0 Å². The number of amides is 1. The quantitative estimate of drug-likeness (QED) is 0.548. The van der Waals surface area contributed by atoms with E-state index in [1.807, 2.05) is 66.2 Å². The van der Waals surface area contributed by atoms with E-state index in [1.54, 1.807) is 0 Å². The van der Waals surface area contributed by atoms with Crippen molar-refractivity contribution in [3.05, 3.63) is 54.6 Å². The van der Waals surface area contributed by atoms with Gasteiger partial charge in [0.05, 0.1) is 5.52 Å². The molecule has 0 radical (unpaired) electrons. The number of hydrogen-bond donors (Lipinski definition) is 1. The highest BCUT2D eigenvalue weighted by Crippen LogP contribution is 2.26. The van der Waals surface area contributed by atoms with Crippen molar-refractivity contribution in [3.8, 4) is 0 Å². The van der Waals surface area contributed by atoms with Crippen LogP contribution in [-0.2, 0) is 11.8 Å². The predicted octanol–water partition coefficient (Wildman–Crippen LogP) is 3.64. The lowest BCUT2D eigenvalue weighted by atomic mass is 10.2. The molecular weight excluding hydrogens is 346 g/mol. The van der Waals surface area contributed by atoms with Gasteiger partial charge in [0.15, 0.2) is 5.65 Å². The minimum absolute atomic E-state index is 0.0256. The number of nitrogens with one attached hydrogen (secondary N) is 1. The standard InChI is InChI=1S/C19H17N5OS/c1-24-15-10-6-5-9-14(15)17-18(24)21-19(23-22-17)26-12-11-16(25)20-13-7-3-2-4-8-13/h2-10H,11-12H2,1H3,(H,20,25). The fraction of sp³-hybridized carbons (Fsp3) is 0.158. The summed E-state index contributed by atoms with van der Waals surface area (Å²) >= 11 is 1.43. The molecule has 1 amide bonds. The maximum atomic E-state index is 12.0. The lowest BCUT2D eigenvalue weighted by Gasteiger charge is -2.04. The van der Waals surface area contributed by atoms with Crippen molar-refractivity contribution in [2.75, 3.05) is 11.1 Å². The first-order valence-electron chi connectivity index (χ1n) is 8.28. The zero-order valence-corrected chi connectivity index (χ0v) is 15.0. The first kappa shape index (κ1) is 16.5. The molecule has 0 saturated heterocycles. The minimum Gasteiger partial charge on any atom is -0.327 e. The maximum absolute atomic E-state index is 12.0. The summed E-state index contributed by atoms with van der Waals surface area (Å²) in [4.78, 5) is 16.6. The van der Waals surface area contributed by atoms with Crippen LogP contribution in [0.2, 0.25) is 0 Å². The average Bonchev–Trinajstić information content (AvgIpc) is 2.95. The van der Waals surface area contributed by atoms with E-state index in [9.17, 15) is 4.79 Å². The van der Waals surface area contributed by atoms with Crippen LogP contribution in [0.1, 0.15) is 6.42 Å². The van der Waals surface area contributed by atoms with Gasteiger partial charge < -0.3 is 9.88 Å². The van der Waals surface area contributed by atoms with Gasteiger partial charge in [-0.3, -0.25) is 4.79 Å². The Kier molecular flexibility index (Phi) is 4.53. The molecular formula is C19H17N5OS. The van der Waals surface area contributed by atoms with Crippen molar-refractivity contribution in [2.45, 2.75) is 11.6 Å². The molecule has 2 aromatic heterocycles. The van der Waals surface area contributed by atoms with Crippen molar-refractivity contribution < 1.29 is 4.79 Å². The lowest BCUT2D eigenvalue weighted by Crippen LogP contribution is -2.12.